The summed E-state index contributed by atoms with van der Waals surface area (Å²) in [6, 6.07) is 5.84. The van der Waals surface area contributed by atoms with Crippen molar-refractivity contribution < 1.29 is 18.8 Å². The van der Waals surface area contributed by atoms with Crippen LogP contribution in [0.4, 0.5) is 4.39 Å². The summed E-state index contributed by atoms with van der Waals surface area (Å²) in [5.74, 6) is -0.0871. The first-order valence-electron chi connectivity index (χ1n) is 10.3. The molecule has 10 heteroatoms. The van der Waals surface area contributed by atoms with Gasteiger partial charge in [-0.1, -0.05) is 17.3 Å². The fourth-order valence-electron chi connectivity index (χ4n) is 3.94. The number of carbonyl (C=O) groups is 1. The zero-order chi connectivity index (χ0) is 23.0. The summed E-state index contributed by atoms with van der Waals surface area (Å²) >= 11 is 0. The molecule has 32 heavy (non-hydrogen) atoms. The standard InChI is InChI=1S/C22H24FN5O4/c1-13-24-17(26-32-13)12-27-10-11-28-20(31)19(30)18(25-21(28)22(27,2)3)16(29)9-6-14-4-7-15(23)8-5-14/h4-5,7-8,30H,6,9-12H2,1-3H3. The molecule has 2 aromatic heterocycles. The van der Waals surface area contributed by atoms with Gasteiger partial charge in [0.25, 0.3) is 5.56 Å². The molecule has 1 aliphatic rings. The second kappa shape index (κ2) is 8.27. The Bertz CT molecular complexity index is 1220. The van der Waals surface area contributed by atoms with Crippen LogP contribution in [-0.4, -0.2) is 42.0 Å². The molecule has 1 aromatic carbocycles. The van der Waals surface area contributed by atoms with E-state index < -0.39 is 22.6 Å². The predicted molar refractivity (Wildman–Crippen MR) is 112 cm³/mol. The smallest absolute Gasteiger partial charge is 0.296 e. The summed E-state index contributed by atoms with van der Waals surface area (Å²) < 4.78 is 19.5. The Balaban J connectivity index is 1.61. The van der Waals surface area contributed by atoms with Crippen LogP contribution in [0, 0.1) is 12.7 Å². The van der Waals surface area contributed by atoms with Gasteiger partial charge >= 0.3 is 0 Å². The van der Waals surface area contributed by atoms with Crippen molar-refractivity contribution in [2.24, 2.45) is 0 Å². The maximum atomic E-state index is 13.1. The second-order valence-corrected chi connectivity index (χ2v) is 8.35. The van der Waals surface area contributed by atoms with Crippen LogP contribution in [0.5, 0.6) is 5.75 Å². The fraction of sp³-hybridized carbons (Fsp3) is 0.409. The lowest BCUT2D eigenvalue weighted by Crippen LogP contribution is -2.52. The van der Waals surface area contributed by atoms with E-state index in [-0.39, 0.29) is 17.9 Å². The first-order chi connectivity index (χ1) is 15.2. The molecule has 4 rings (SSSR count). The Labute approximate surface area is 183 Å². The molecule has 0 radical (unpaired) electrons. The number of carbonyl (C=O) groups excluding carboxylic acids is 1. The number of hydrogen-bond donors (Lipinski definition) is 1. The molecule has 3 aromatic rings. The molecule has 0 atom stereocenters. The number of ketones is 1. The van der Waals surface area contributed by atoms with Gasteiger partial charge in [0, 0.05) is 26.4 Å². The highest BCUT2D eigenvalue weighted by Crippen LogP contribution is 2.31. The van der Waals surface area contributed by atoms with Gasteiger partial charge in [0.2, 0.25) is 11.6 Å². The molecule has 0 amide bonds. The predicted octanol–water partition coefficient (Wildman–Crippen LogP) is 2.35. The average molecular weight is 441 g/mol. The monoisotopic (exact) mass is 441 g/mol. The van der Waals surface area contributed by atoms with E-state index in [1.165, 1.54) is 16.7 Å². The Kier molecular flexibility index (Phi) is 5.64. The number of nitrogens with zero attached hydrogens (tertiary/aromatic N) is 5. The number of aromatic hydroxyl groups is 1. The molecule has 1 N–H and O–H groups in total. The highest BCUT2D eigenvalue weighted by Gasteiger charge is 2.39. The fourth-order valence-corrected chi connectivity index (χ4v) is 3.94. The molecule has 0 unspecified atom stereocenters. The SMILES string of the molecule is Cc1nc(CN2CCn3c(nc(C(=O)CCc4ccc(F)cc4)c(O)c3=O)C2(C)C)no1. The van der Waals surface area contributed by atoms with Crippen LogP contribution in [-0.2, 0) is 25.0 Å². The zero-order valence-corrected chi connectivity index (χ0v) is 18.1. The number of aromatic nitrogens is 4. The average Bonchev–Trinajstić information content (AvgIpc) is 3.16. The van der Waals surface area contributed by atoms with Gasteiger partial charge in [-0.2, -0.15) is 4.98 Å². The summed E-state index contributed by atoms with van der Waals surface area (Å²) in [4.78, 5) is 36.4. The van der Waals surface area contributed by atoms with E-state index in [2.05, 4.69) is 15.1 Å². The number of hydrogen-bond acceptors (Lipinski definition) is 8. The lowest BCUT2D eigenvalue weighted by atomic mass is 9.97. The van der Waals surface area contributed by atoms with Crippen molar-refractivity contribution in [3.8, 4) is 5.75 Å². The van der Waals surface area contributed by atoms with Crippen LogP contribution in [0.1, 0.15) is 53.9 Å². The van der Waals surface area contributed by atoms with E-state index in [0.29, 0.717) is 43.6 Å². The molecule has 0 saturated heterocycles. The maximum Gasteiger partial charge on any atom is 0.296 e. The van der Waals surface area contributed by atoms with Crippen LogP contribution in [0.25, 0.3) is 0 Å². The van der Waals surface area contributed by atoms with E-state index in [4.69, 9.17) is 4.52 Å². The van der Waals surface area contributed by atoms with Crippen LogP contribution in [0.3, 0.4) is 0 Å². The number of benzene rings is 1. The van der Waals surface area contributed by atoms with Crippen molar-refractivity contribution in [1.82, 2.24) is 24.6 Å². The van der Waals surface area contributed by atoms with E-state index in [0.717, 1.165) is 5.56 Å². The van der Waals surface area contributed by atoms with Gasteiger partial charge in [-0.25, -0.2) is 9.37 Å². The van der Waals surface area contributed by atoms with Crippen molar-refractivity contribution in [3.05, 3.63) is 69.2 Å². The molecular weight excluding hydrogens is 417 g/mol. The zero-order valence-electron chi connectivity index (χ0n) is 18.1. The Morgan fingerprint density at radius 3 is 2.59 bits per heavy atom. The van der Waals surface area contributed by atoms with Crippen LogP contribution >= 0.6 is 0 Å². The number of halogens is 1. The highest BCUT2D eigenvalue weighted by molar-refractivity contribution is 5.96. The largest absolute Gasteiger partial charge is 0.501 e. The van der Waals surface area contributed by atoms with E-state index in [9.17, 15) is 19.1 Å². The molecule has 0 aliphatic carbocycles. The Morgan fingerprint density at radius 2 is 1.94 bits per heavy atom. The van der Waals surface area contributed by atoms with Gasteiger partial charge in [-0.15, -0.1) is 0 Å². The molecule has 168 valence electrons. The van der Waals surface area contributed by atoms with Gasteiger partial charge in [-0.3, -0.25) is 19.1 Å². The van der Waals surface area contributed by atoms with E-state index in [1.54, 1.807) is 19.1 Å². The van der Waals surface area contributed by atoms with Crippen molar-refractivity contribution in [3.63, 3.8) is 0 Å². The number of Topliss-reactive ketones (excluding diaryl/α,β-unsaturated/α-hetero) is 1. The summed E-state index contributed by atoms with van der Waals surface area (Å²) in [6.45, 7) is 6.68. The van der Waals surface area contributed by atoms with Gasteiger partial charge < -0.3 is 9.63 Å². The summed E-state index contributed by atoms with van der Waals surface area (Å²) in [6.07, 6.45) is 0.368. The van der Waals surface area contributed by atoms with Gasteiger partial charge in [-0.05, 0) is 38.0 Å². The highest BCUT2D eigenvalue weighted by atomic mass is 19.1. The quantitative estimate of drug-likeness (QED) is 0.580. The lowest BCUT2D eigenvalue weighted by molar-refractivity contribution is 0.0617. The number of rotatable bonds is 6. The van der Waals surface area contributed by atoms with Crippen molar-refractivity contribution >= 4 is 5.78 Å². The molecule has 1 aliphatic heterocycles. The Morgan fingerprint density at radius 1 is 1.22 bits per heavy atom. The minimum Gasteiger partial charge on any atom is -0.501 e. The summed E-state index contributed by atoms with van der Waals surface area (Å²) in [7, 11) is 0. The molecule has 3 heterocycles. The van der Waals surface area contributed by atoms with Crippen LogP contribution in [0.2, 0.25) is 0 Å². The molecule has 0 fully saturated rings. The van der Waals surface area contributed by atoms with Gasteiger partial charge in [0.1, 0.15) is 11.6 Å². The Hall–Kier alpha value is -3.40. The van der Waals surface area contributed by atoms with Crippen LogP contribution in [0.15, 0.2) is 33.6 Å². The second-order valence-electron chi connectivity index (χ2n) is 8.35. The van der Waals surface area contributed by atoms with Crippen LogP contribution < -0.4 is 5.56 Å². The first kappa shape index (κ1) is 21.8. The third kappa shape index (κ3) is 4.05. The number of aryl methyl sites for hydroxylation is 2. The lowest BCUT2D eigenvalue weighted by Gasteiger charge is -2.42. The van der Waals surface area contributed by atoms with E-state index in [1.807, 2.05) is 18.7 Å². The van der Waals surface area contributed by atoms with Gasteiger partial charge in [0.05, 0.1) is 12.1 Å². The number of fused-ring (bicyclic) bond motifs is 1. The van der Waals surface area contributed by atoms with Gasteiger partial charge in [0.15, 0.2) is 17.3 Å². The molecule has 0 spiro atoms. The van der Waals surface area contributed by atoms with E-state index >= 15 is 0 Å². The summed E-state index contributed by atoms with van der Waals surface area (Å²) in [5, 5.41) is 14.4. The molecular formula is C22H24FN5O4. The third-order valence-electron chi connectivity index (χ3n) is 5.80. The van der Waals surface area contributed by atoms with Crippen molar-refractivity contribution in [1.29, 1.82) is 0 Å². The minimum atomic E-state index is -0.731. The van der Waals surface area contributed by atoms with Crippen molar-refractivity contribution in [2.75, 3.05) is 6.54 Å². The topological polar surface area (TPSA) is 114 Å². The molecule has 0 bridgehead atoms. The summed E-state index contributed by atoms with van der Waals surface area (Å²) in [5.41, 5.74) is -0.834. The minimum absolute atomic E-state index is 0.0291. The van der Waals surface area contributed by atoms with Crippen molar-refractivity contribution in [2.45, 2.75) is 52.2 Å². The third-order valence-corrected chi connectivity index (χ3v) is 5.80. The maximum absolute atomic E-state index is 13.1. The first-order valence-corrected chi connectivity index (χ1v) is 10.3. The molecule has 9 nitrogen and oxygen atoms in total. The normalized spacial score (nSPS) is 15.5. The molecule has 0 saturated carbocycles.